The molecule has 37 heavy (non-hydrogen) atoms. The molecule has 2 rings (SSSR count). The van der Waals surface area contributed by atoms with Crippen molar-refractivity contribution in [1.29, 1.82) is 0 Å². The standard InChI is InChI=1S/C34H53NO2/c1-3-5-7-9-10-11-12-13-14-15-16-18-20-30-21-24-32(25-22-30)35-29-31-23-26-33(28-34(31)36)37-27-19-17-8-6-4-2/h21-26,28-29,36H,3-20,27H2,1-2H3. The number of benzene rings is 2. The Balaban J connectivity index is 1.59. The van der Waals surface area contributed by atoms with Crippen LogP contribution >= 0.6 is 0 Å². The lowest BCUT2D eigenvalue weighted by molar-refractivity contribution is 0.303. The molecular formula is C34H53NO2. The van der Waals surface area contributed by atoms with Crippen molar-refractivity contribution in [3.63, 3.8) is 0 Å². The molecule has 0 fully saturated rings. The molecule has 0 unspecified atom stereocenters. The normalized spacial score (nSPS) is 11.4. The second-order valence-electron chi connectivity index (χ2n) is 10.5. The van der Waals surface area contributed by atoms with Gasteiger partial charge in [0.25, 0.3) is 0 Å². The van der Waals surface area contributed by atoms with E-state index in [-0.39, 0.29) is 5.75 Å². The summed E-state index contributed by atoms with van der Waals surface area (Å²) < 4.78 is 5.78. The molecule has 0 saturated carbocycles. The summed E-state index contributed by atoms with van der Waals surface area (Å²) >= 11 is 0. The van der Waals surface area contributed by atoms with E-state index in [9.17, 15) is 5.11 Å². The van der Waals surface area contributed by atoms with E-state index < -0.39 is 0 Å². The molecule has 0 bridgehead atoms. The second-order valence-corrected chi connectivity index (χ2v) is 10.5. The van der Waals surface area contributed by atoms with Crippen molar-refractivity contribution in [2.24, 2.45) is 4.99 Å². The molecule has 0 saturated heterocycles. The number of aryl methyl sites for hydroxylation is 1. The van der Waals surface area contributed by atoms with Gasteiger partial charge in [-0.05, 0) is 49.1 Å². The number of rotatable bonds is 22. The van der Waals surface area contributed by atoms with Gasteiger partial charge in [0.05, 0.1) is 12.3 Å². The summed E-state index contributed by atoms with van der Waals surface area (Å²) in [6.07, 6.45) is 25.6. The van der Waals surface area contributed by atoms with Crippen molar-refractivity contribution in [3.05, 3.63) is 53.6 Å². The summed E-state index contributed by atoms with van der Waals surface area (Å²) in [5.41, 5.74) is 2.99. The molecule has 0 amide bonds. The van der Waals surface area contributed by atoms with Gasteiger partial charge in [0.15, 0.2) is 0 Å². The lowest BCUT2D eigenvalue weighted by atomic mass is 10.0. The van der Waals surface area contributed by atoms with Gasteiger partial charge in [-0.2, -0.15) is 0 Å². The third-order valence-electron chi connectivity index (χ3n) is 7.13. The van der Waals surface area contributed by atoms with E-state index in [0.29, 0.717) is 17.9 Å². The number of nitrogens with zero attached hydrogens (tertiary/aromatic N) is 1. The van der Waals surface area contributed by atoms with Crippen molar-refractivity contribution in [2.45, 2.75) is 129 Å². The van der Waals surface area contributed by atoms with Crippen molar-refractivity contribution in [1.82, 2.24) is 0 Å². The number of aliphatic imine (C=N–C) groups is 1. The van der Waals surface area contributed by atoms with Gasteiger partial charge in [0.2, 0.25) is 0 Å². The monoisotopic (exact) mass is 507 g/mol. The maximum Gasteiger partial charge on any atom is 0.128 e. The van der Waals surface area contributed by atoms with Gasteiger partial charge in [-0.25, -0.2) is 0 Å². The van der Waals surface area contributed by atoms with Gasteiger partial charge in [-0.15, -0.1) is 0 Å². The molecule has 0 atom stereocenters. The molecule has 0 heterocycles. The van der Waals surface area contributed by atoms with E-state index in [1.807, 2.05) is 12.1 Å². The topological polar surface area (TPSA) is 41.8 Å². The lowest BCUT2D eigenvalue weighted by Gasteiger charge is -2.07. The van der Waals surface area contributed by atoms with Gasteiger partial charge in [-0.1, -0.05) is 122 Å². The Kier molecular flexibility index (Phi) is 17.3. The lowest BCUT2D eigenvalue weighted by Crippen LogP contribution is -1.97. The van der Waals surface area contributed by atoms with Gasteiger partial charge >= 0.3 is 0 Å². The number of aromatic hydroxyl groups is 1. The predicted octanol–water partition coefficient (Wildman–Crippen LogP) is 10.7. The molecule has 2 aromatic carbocycles. The minimum atomic E-state index is 0.204. The Bertz CT molecular complexity index is 843. The van der Waals surface area contributed by atoms with Crippen LogP contribution < -0.4 is 4.74 Å². The Morgan fingerprint density at radius 2 is 1.19 bits per heavy atom. The van der Waals surface area contributed by atoms with Crippen LogP contribution in [0.15, 0.2) is 47.5 Å². The average molecular weight is 508 g/mol. The quantitative estimate of drug-likeness (QED) is 0.127. The summed E-state index contributed by atoms with van der Waals surface area (Å²) in [5, 5.41) is 10.4. The highest BCUT2D eigenvalue weighted by atomic mass is 16.5. The van der Waals surface area contributed by atoms with Crippen molar-refractivity contribution in [3.8, 4) is 11.5 Å². The highest BCUT2D eigenvalue weighted by Crippen LogP contribution is 2.24. The summed E-state index contributed by atoms with van der Waals surface area (Å²) in [5.74, 6) is 0.920. The first kappa shape index (κ1) is 30.9. The van der Waals surface area contributed by atoms with Crippen LogP contribution in [0.25, 0.3) is 0 Å². The highest BCUT2D eigenvalue weighted by Gasteiger charge is 2.02. The summed E-state index contributed by atoms with van der Waals surface area (Å²) in [6.45, 7) is 5.20. The van der Waals surface area contributed by atoms with Crippen LogP contribution in [0.1, 0.15) is 134 Å². The SMILES string of the molecule is CCCCCCCCCCCCCCc1ccc(N=Cc2ccc(OCCCCCCC)cc2O)cc1. The molecule has 3 heteroatoms. The van der Waals surface area contributed by atoms with Gasteiger partial charge in [0.1, 0.15) is 11.5 Å². The van der Waals surface area contributed by atoms with Gasteiger partial charge < -0.3 is 9.84 Å². The first-order valence-electron chi connectivity index (χ1n) is 15.3. The van der Waals surface area contributed by atoms with E-state index in [1.54, 1.807) is 12.3 Å². The second kappa shape index (κ2) is 20.7. The first-order chi connectivity index (χ1) is 18.2. The Hall–Kier alpha value is -2.29. The van der Waals surface area contributed by atoms with E-state index in [0.717, 1.165) is 18.5 Å². The highest BCUT2D eigenvalue weighted by molar-refractivity contribution is 5.85. The summed E-state index contributed by atoms with van der Waals surface area (Å²) in [6, 6.07) is 14.0. The molecular weight excluding hydrogens is 454 g/mol. The van der Waals surface area contributed by atoms with Crippen molar-refractivity contribution < 1.29 is 9.84 Å². The number of phenolic OH excluding ortho intramolecular Hbond substituents is 1. The summed E-state index contributed by atoms with van der Waals surface area (Å²) in [4.78, 5) is 4.55. The molecule has 0 aliphatic carbocycles. The number of unbranched alkanes of at least 4 members (excludes halogenated alkanes) is 15. The molecule has 3 nitrogen and oxygen atoms in total. The van der Waals surface area contributed by atoms with Crippen LogP contribution in [0.5, 0.6) is 11.5 Å². The molecule has 0 radical (unpaired) electrons. The van der Waals surface area contributed by atoms with Crippen molar-refractivity contribution >= 4 is 11.9 Å². The van der Waals surface area contributed by atoms with E-state index in [4.69, 9.17) is 4.74 Å². The van der Waals surface area contributed by atoms with Crippen LogP contribution in [0.3, 0.4) is 0 Å². The zero-order chi connectivity index (χ0) is 26.4. The maximum atomic E-state index is 10.4. The molecule has 206 valence electrons. The van der Waals surface area contributed by atoms with E-state index in [1.165, 1.54) is 108 Å². The fourth-order valence-corrected chi connectivity index (χ4v) is 4.68. The van der Waals surface area contributed by atoms with E-state index >= 15 is 0 Å². The fourth-order valence-electron chi connectivity index (χ4n) is 4.68. The van der Waals surface area contributed by atoms with Gasteiger partial charge in [-0.3, -0.25) is 4.99 Å². The van der Waals surface area contributed by atoms with E-state index in [2.05, 4.69) is 43.1 Å². The van der Waals surface area contributed by atoms with Gasteiger partial charge in [0, 0.05) is 17.8 Å². The van der Waals surface area contributed by atoms with Crippen molar-refractivity contribution in [2.75, 3.05) is 6.61 Å². The van der Waals surface area contributed by atoms with Crippen LogP contribution in [0, 0.1) is 0 Å². The molecule has 0 spiro atoms. The molecule has 0 aliphatic heterocycles. The maximum absolute atomic E-state index is 10.4. The number of hydrogen-bond acceptors (Lipinski definition) is 3. The Labute approximate surface area is 227 Å². The number of phenols is 1. The molecule has 0 aromatic heterocycles. The third kappa shape index (κ3) is 14.9. The van der Waals surface area contributed by atoms with Crippen LogP contribution in [0.2, 0.25) is 0 Å². The number of hydrogen-bond donors (Lipinski definition) is 1. The Morgan fingerprint density at radius 1 is 0.649 bits per heavy atom. The zero-order valence-electron chi connectivity index (χ0n) is 23.9. The number of ether oxygens (including phenoxy) is 1. The smallest absolute Gasteiger partial charge is 0.128 e. The largest absolute Gasteiger partial charge is 0.507 e. The molecule has 2 aromatic rings. The zero-order valence-corrected chi connectivity index (χ0v) is 23.9. The molecule has 0 aliphatic rings. The third-order valence-corrected chi connectivity index (χ3v) is 7.13. The van der Waals surface area contributed by atoms with Crippen LogP contribution in [0.4, 0.5) is 5.69 Å². The average Bonchev–Trinajstić information content (AvgIpc) is 2.91. The fraction of sp³-hybridized carbons (Fsp3) is 0.618. The first-order valence-corrected chi connectivity index (χ1v) is 15.3. The molecule has 1 N–H and O–H groups in total. The minimum Gasteiger partial charge on any atom is -0.507 e. The van der Waals surface area contributed by atoms with Crippen LogP contribution in [-0.4, -0.2) is 17.9 Å². The Morgan fingerprint density at radius 3 is 1.76 bits per heavy atom. The van der Waals surface area contributed by atoms with Crippen LogP contribution in [-0.2, 0) is 6.42 Å². The summed E-state index contributed by atoms with van der Waals surface area (Å²) in [7, 11) is 0. The minimum absolute atomic E-state index is 0.204. The predicted molar refractivity (Wildman–Crippen MR) is 161 cm³/mol.